The van der Waals surface area contributed by atoms with Gasteiger partial charge in [-0.05, 0) is 37.7 Å². The summed E-state index contributed by atoms with van der Waals surface area (Å²) in [6, 6.07) is 2.73. The molecule has 2 heterocycles. The summed E-state index contributed by atoms with van der Waals surface area (Å²) in [5.74, 6) is 1.69. The van der Waals surface area contributed by atoms with E-state index in [-0.39, 0.29) is 0 Å². The summed E-state index contributed by atoms with van der Waals surface area (Å²) in [4.78, 5) is 0. The van der Waals surface area contributed by atoms with Crippen molar-refractivity contribution in [1.29, 1.82) is 0 Å². The maximum absolute atomic E-state index is 5.84. The van der Waals surface area contributed by atoms with Gasteiger partial charge in [0, 0.05) is 24.8 Å². The Morgan fingerprint density at radius 1 is 1.21 bits per heavy atom. The second kappa shape index (κ2) is 6.55. The van der Waals surface area contributed by atoms with Gasteiger partial charge >= 0.3 is 0 Å². The molecule has 2 aliphatic rings. The molecule has 1 N–H and O–H groups in total. The van der Waals surface area contributed by atoms with Gasteiger partial charge in [-0.15, -0.1) is 0 Å². The molecule has 0 bridgehead atoms. The molecular formula is C15H23NO3. The van der Waals surface area contributed by atoms with E-state index in [0.717, 1.165) is 45.0 Å². The van der Waals surface area contributed by atoms with Gasteiger partial charge < -0.3 is 19.2 Å². The first-order valence-electron chi connectivity index (χ1n) is 7.36. The quantitative estimate of drug-likeness (QED) is 0.822. The highest BCUT2D eigenvalue weighted by Crippen LogP contribution is 2.21. The molecule has 1 aliphatic carbocycles. The lowest BCUT2D eigenvalue weighted by Gasteiger charge is -2.21. The first-order valence-corrected chi connectivity index (χ1v) is 7.36. The minimum absolute atomic E-state index is 0.661. The third-order valence-corrected chi connectivity index (χ3v) is 3.92. The SMILES string of the molecule is c1cc(COCC2CCOCC2)c(CNC2CC2)o1. The molecule has 1 aromatic rings. The van der Waals surface area contributed by atoms with Crippen molar-refractivity contribution in [3.8, 4) is 0 Å². The van der Waals surface area contributed by atoms with Crippen LogP contribution in [0.1, 0.15) is 37.0 Å². The van der Waals surface area contributed by atoms with E-state index >= 15 is 0 Å². The van der Waals surface area contributed by atoms with Crippen LogP contribution in [-0.4, -0.2) is 25.9 Å². The van der Waals surface area contributed by atoms with Gasteiger partial charge in [-0.2, -0.15) is 0 Å². The summed E-state index contributed by atoms with van der Waals surface area (Å²) in [6.45, 7) is 4.10. The van der Waals surface area contributed by atoms with Crippen LogP contribution in [0.3, 0.4) is 0 Å². The lowest BCUT2D eigenvalue weighted by Crippen LogP contribution is -2.20. The summed E-state index contributed by atoms with van der Waals surface area (Å²) in [6.07, 6.45) is 6.62. The molecule has 2 fully saturated rings. The second-order valence-electron chi connectivity index (χ2n) is 5.60. The summed E-state index contributed by atoms with van der Waals surface area (Å²) >= 11 is 0. The molecule has 1 saturated heterocycles. The Morgan fingerprint density at radius 2 is 2.05 bits per heavy atom. The summed E-state index contributed by atoms with van der Waals surface area (Å²) in [5, 5.41) is 3.47. The number of hydrogen-bond donors (Lipinski definition) is 1. The molecular weight excluding hydrogens is 242 g/mol. The fourth-order valence-corrected chi connectivity index (χ4v) is 2.42. The van der Waals surface area contributed by atoms with Crippen LogP contribution in [0.15, 0.2) is 16.7 Å². The van der Waals surface area contributed by atoms with Crippen molar-refractivity contribution in [3.63, 3.8) is 0 Å². The van der Waals surface area contributed by atoms with Crippen molar-refractivity contribution in [2.75, 3.05) is 19.8 Å². The molecule has 4 nitrogen and oxygen atoms in total. The fraction of sp³-hybridized carbons (Fsp3) is 0.733. The maximum Gasteiger partial charge on any atom is 0.123 e. The van der Waals surface area contributed by atoms with Crippen LogP contribution in [0.5, 0.6) is 0 Å². The van der Waals surface area contributed by atoms with Crippen LogP contribution in [-0.2, 0) is 22.6 Å². The highest BCUT2D eigenvalue weighted by atomic mass is 16.5. The van der Waals surface area contributed by atoms with E-state index in [1.54, 1.807) is 6.26 Å². The smallest absolute Gasteiger partial charge is 0.123 e. The van der Waals surface area contributed by atoms with Gasteiger partial charge in [0.2, 0.25) is 0 Å². The summed E-state index contributed by atoms with van der Waals surface area (Å²) < 4.78 is 16.7. The van der Waals surface area contributed by atoms with Gasteiger partial charge in [-0.1, -0.05) is 0 Å². The van der Waals surface area contributed by atoms with Crippen LogP contribution in [0.4, 0.5) is 0 Å². The zero-order valence-electron chi connectivity index (χ0n) is 11.4. The van der Waals surface area contributed by atoms with Gasteiger partial charge in [0.25, 0.3) is 0 Å². The number of rotatable bonds is 7. The zero-order chi connectivity index (χ0) is 12.9. The third-order valence-electron chi connectivity index (χ3n) is 3.92. The Bertz CT molecular complexity index is 380. The highest BCUT2D eigenvalue weighted by Gasteiger charge is 2.21. The second-order valence-corrected chi connectivity index (χ2v) is 5.60. The van der Waals surface area contributed by atoms with Crippen LogP contribution >= 0.6 is 0 Å². The first-order chi connectivity index (χ1) is 9.42. The first kappa shape index (κ1) is 13.2. The van der Waals surface area contributed by atoms with Crippen molar-refractivity contribution >= 4 is 0 Å². The minimum atomic E-state index is 0.661. The zero-order valence-corrected chi connectivity index (χ0v) is 11.4. The van der Waals surface area contributed by atoms with E-state index in [9.17, 15) is 0 Å². The molecule has 0 unspecified atom stereocenters. The molecule has 1 saturated carbocycles. The Labute approximate surface area is 114 Å². The van der Waals surface area contributed by atoms with E-state index in [1.807, 2.05) is 6.07 Å². The molecule has 106 valence electrons. The largest absolute Gasteiger partial charge is 0.468 e. The molecule has 1 aromatic heterocycles. The van der Waals surface area contributed by atoms with Crippen molar-refractivity contribution < 1.29 is 13.9 Å². The van der Waals surface area contributed by atoms with Crippen LogP contribution in [0.2, 0.25) is 0 Å². The van der Waals surface area contributed by atoms with Gasteiger partial charge in [-0.25, -0.2) is 0 Å². The topological polar surface area (TPSA) is 43.6 Å². The molecule has 0 radical (unpaired) electrons. The normalized spacial score (nSPS) is 20.8. The van der Waals surface area contributed by atoms with Crippen LogP contribution < -0.4 is 5.32 Å². The highest BCUT2D eigenvalue weighted by molar-refractivity contribution is 5.16. The minimum Gasteiger partial charge on any atom is -0.468 e. The lowest BCUT2D eigenvalue weighted by atomic mass is 10.0. The van der Waals surface area contributed by atoms with E-state index in [4.69, 9.17) is 13.9 Å². The molecule has 0 aromatic carbocycles. The van der Waals surface area contributed by atoms with Crippen molar-refractivity contribution in [2.45, 2.75) is 44.9 Å². The Hall–Kier alpha value is -0.840. The summed E-state index contributed by atoms with van der Waals surface area (Å²) in [7, 11) is 0. The lowest BCUT2D eigenvalue weighted by molar-refractivity contribution is 0.0154. The molecule has 0 spiro atoms. The Kier molecular flexibility index (Phi) is 4.53. The molecule has 1 aliphatic heterocycles. The van der Waals surface area contributed by atoms with E-state index < -0.39 is 0 Å². The number of hydrogen-bond acceptors (Lipinski definition) is 4. The average Bonchev–Trinajstić information content (AvgIpc) is 3.17. The van der Waals surface area contributed by atoms with Crippen molar-refractivity contribution in [2.24, 2.45) is 5.92 Å². The predicted octanol–water partition coefficient (Wildman–Crippen LogP) is 2.47. The van der Waals surface area contributed by atoms with Crippen LogP contribution in [0, 0.1) is 5.92 Å². The van der Waals surface area contributed by atoms with Crippen molar-refractivity contribution in [1.82, 2.24) is 5.32 Å². The van der Waals surface area contributed by atoms with E-state index in [0.29, 0.717) is 18.6 Å². The molecule has 19 heavy (non-hydrogen) atoms. The Balaban J connectivity index is 1.39. The number of furan rings is 1. The molecule has 0 amide bonds. The Morgan fingerprint density at radius 3 is 2.84 bits per heavy atom. The maximum atomic E-state index is 5.84. The number of nitrogens with one attached hydrogen (secondary N) is 1. The third kappa shape index (κ3) is 4.06. The summed E-state index contributed by atoms with van der Waals surface area (Å²) in [5.41, 5.74) is 1.18. The molecule has 4 heteroatoms. The monoisotopic (exact) mass is 265 g/mol. The average molecular weight is 265 g/mol. The van der Waals surface area contributed by atoms with Gasteiger partial charge in [0.1, 0.15) is 5.76 Å². The van der Waals surface area contributed by atoms with Gasteiger partial charge in [0.05, 0.1) is 26.0 Å². The van der Waals surface area contributed by atoms with Crippen LogP contribution in [0.25, 0.3) is 0 Å². The van der Waals surface area contributed by atoms with Gasteiger partial charge in [-0.3, -0.25) is 0 Å². The van der Waals surface area contributed by atoms with E-state index in [1.165, 1.54) is 18.4 Å². The number of ether oxygens (including phenoxy) is 2. The van der Waals surface area contributed by atoms with Gasteiger partial charge in [0.15, 0.2) is 0 Å². The fourth-order valence-electron chi connectivity index (χ4n) is 2.42. The standard InChI is InChI=1S/C15H23NO3/c1-2-14(1)16-9-15-13(5-8-19-15)11-18-10-12-3-6-17-7-4-12/h5,8,12,14,16H,1-4,6-7,9-11H2. The molecule has 0 atom stereocenters. The van der Waals surface area contributed by atoms with Crippen molar-refractivity contribution in [3.05, 3.63) is 23.7 Å². The van der Waals surface area contributed by atoms with E-state index in [2.05, 4.69) is 5.32 Å². The predicted molar refractivity (Wildman–Crippen MR) is 71.8 cm³/mol. The molecule has 3 rings (SSSR count).